The number of fused-ring (bicyclic) bond motifs is 2. The van der Waals surface area contributed by atoms with Gasteiger partial charge in [0.1, 0.15) is 17.2 Å². The van der Waals surface area contributed by atoms with Gasteiger partial charge in [0.2, 0.25) is 0 Å². The first kappa shape index (κ1) is 14.7. The molecule has 126 valence electrons. The quantitative estimate of drug-likeness (QED) is 0.499. The molecule has 26 heavy (non-hydrogen) atoms. The van der Waals surface area contributed by atoms with Gasteiger partial charge < -0.3 is 9.73 Å². The monoisotopic (exact) mass is 344 g/mol. The fourth-order valence-electron chi connectivity index (χ4n) is 3.01. The summed E-state index contributed by atoms with van der Waals surface area (Å²) in [5.41, 5.74) is 4.18. The van der Waals surface area contributed by atoms with E-state index >= 15 is 0 Å². The third kappa shape index (κ3) is 2.39. The molecule has 1 N–H and O–H groups in total. The van der Waals surface area contributed by atoms with Crippen LogP contribution < -0.4 is 5.32 Å². The third-order valence-corrected chi connectivity index (χ3v) is 4.28. The zero-order chi connectivity index (χ0) is 17.5. The molecule has 0 spiro atoms. The minimum atomic E-state index is -0.268. The molecule has 0 amide bonds. The molecule has 3 aromatic heterocycles. The van der Waals surface area contributed by atoms with Crippen LogP contribution >= 0.6 is 0 Å². The summed E-state index contributed by atoms with van der Waals surface area (Å²) in [6.45, 7) is 0. The molecule has 5 aromatic rings. The van der Waals surface area contributed by atoms with E-state index in [9.17, 15) is 4.39 Å². The van der Waals surface area contributed by atoms with Crippen molar-refractivity contribution in [3.8, 4) is 11.1 Å². The fraction of sp³-hybridized carbons (Fsp3) is 0. The van der Waals surface area contributed by atoms with E-state index in [4.69, 9.17) is 4.42 Å². The highest BCUT2D eigenvalue weighted by Crippen LogP contribution is 2.27. The normalized spacial score (nSPS) is 11.3. The molecule has 0 saturated heterocycles. The predicted molar refractivity (Wildman–Crippen MR) is 97.9 cm³/mol. The Morgan fingerprint density at radius 3 is 2.77 bits per heavy atom. The van der Waals surface area contributed by atoms with E-state index in [1.807, 2.05) is 30.3 Å². The van der Waals surface area contributed by atoms with Crippen LogP contribution in [0.4, 0.5) is 15.9 Å². The first-order chi connectivity index (χ1) is 12.8. The molecule has 5 rings (SSSR count). The van der Waals surface area contributed by atoms with Crippen LogP contribution in [-0.2, 0) is 0 Å². The maximum absolute atomic E-state index is 13.2. The molecule has 0 aliphatic heterocycles. The van der Waals surface area contributed by atoms with Gasteiger partial charge >= 0.3 is 0 Å². The van der Waals surface area contributed by atoms with E-state index < -0.39 is 0 Å². The molecule has 0 fully saturated rings. The Bertz CT molecular complexity index is 1220. The van der Waals surface area contributed by atoms with Crippen molar-refractivity contribution >= 4 is 28.1 Å². The lowest BCUT2D eigenvalue weighted by molar-refractivity contribution is 0.616. The summed E-state index contributed by atoms with van der Waals surface area (Å²) in [5, 5.41) is 8.83. The Morgan fingerprint density at radius 2 is 1.88 bits per heavy atom. The van der Waals surface area contributed by atoms with Crippen molar-refractivity contribution in [1.82, 2.24) is 14.6 Å². The smallest absolute Gasteiger partial charge is 0.165 e. The van der Waals surface area contributed by atoms with Crippen LogP contribution in [0, 0.1) is 5.82 Å². The minimum Gasteiger partial charge on any atom is -0.464 e. The maximum atomic E-state index is 13.2. The summed E-state index contributed by atoms with van der Waals surface area (Å²) in [7, 11) is 0. The second-order valence-electron chi connectivity index (χ2n) is 5.93. The van der Waals surface area contributed by atoms with Crippen LogP contribution in [0.1, 0.15) is 0 Å². The van der Waals surface area contributed by atoms with Crippen molar-refractivity contribution in [1.29, 1.82) is 0 Å². The van der Waals surface area contributed by atoms with Crippen molar-refractivity contribution in [2.24, 2.45) is 0 Å². The second kappa shape index (κ2) is 5.70. The van der Waals surface area contributed by atoms with Gasteiger partial charge in [0.15, 0.2) is 5.65 Å². The van der Waals surface area contributed by atoms with Crippen LogP contribution in [-0.4, -0.2) is 14.6 Å². The summed E-state index contributed by atoms with van der Waals surface area (Å²) in [6, 6.07) is 16.0. The van der Waals surface area contributed by atoms with E-state index in [1.165, 1.54) is 12.1 Å². The lowest BCUT2D eigenvalue weighted by Gasteiger charge is -2.08. The molecular weight excluding hydrogens is 331 g/mol. The molecule has 5 nitrogen and oxygen atoms in total. The van der Waals surface area contributed by atoms with Gasteiger partial charge in [0.25, 0.3) is 0 Å². The summed E-state index contributed by atoms with van der Waals surface area (Å²) < 4.78 is 20.3. The van der Waals surface area contributed by atoms with Gasteiger partial charge in [-0.25, -0.2) is 9.37 Å². The highest BCUT2D eigenvalue weighted by molar-refractivity contribution is 5.83. The van der Waals surface area contributed by atoms with Crippen LogP contribution in [0.5, 0.6) is 0 Å². The van der Waals surface area contributed by atoms with Crippen molar-refractivity contribution in [2.75, 3.05) is 5.32 Å². The SMILES string of the molecule is Fc1ccc(-c2cnn3c(Nc4ccc5occc5c4)ccnc23)cc1. The number of hydrogen-bond acceptors (Lipinski definition) is 4. The summed E-state index contributed by atoms with van der Waals surface area (Å²) in [5.74, 6) is 0.515. The van der Waals surface area contributed by atoms with Gasteiger partial charge in [-0.3, -0.25) is 0 Å². The van der Waals surface area contributed by atoms with E-state index in [2.05, 4.69) is 15.4 Å². The fourth-order valence-corrected chi connectivity index (χ4v) is 3.01. The van der Waals surface area contributed by atoms with Crippen molar-refractivity contribution in [3.05, 3.63) is 79.1 Å². The lowest BCUT2D eigenvalue weighted by Crippen LogP contribution is -2.00. The van der Waals surface area contributed by atoms with Gasteiger partial charge in [-0.1, -0.05) is 12.1 Å². The van der Waals surface area contributed by atoms with E-state index in [0.29, 0.717) is 5.65 Å². The van der Waals surface area contributed by atoms with Crippen molar-refractivity contribution in [2.45, 2.75) is 0 Å². The number of nitrogens with zero attached hydrogens (tertiary/aromatic N) is 3. The average molecular weight is 344 g/mol. The number of anilines is 2. The Balaban J connectivity index is 1.57. The Labute approximate surface area is 147 Å². The number of halogens is 1. The number of rotatable bonds is 3. The van der Waals surface area contributed by atoms with Gasteiger partial charge in [0, 0.05) is 22.8 Å². The molecule has 0 bridgehead atoms. The van der Waals surface area contributed by atoms with Crippen molar-refractivity contribution < 1.29 is 8.81 Å². The highest BCUT2D eigenvalue weighted by Gasteiger charge is 2.11. The number of hydrogen-bond donors (Lipinski definition) is 1. The summed E-state index contributed by atoms with van der Waals surface area (Å²) in [6.07, 6.45) is 5.13. The number of furan rings is 1. The van der Waals surface area contributed by atoms with E-state index in [0.717, 1.165) is 33.6 Å². The third-order valence-electron chi connectivity index (χ3n) is 4.28. The molecule has 0 saturated carbocycles. The number of aromatic nitrogens is 3. The van der Waals surface area contributed by atoms with Crippen molar-refractivity contribution in [3.63, 3.8) is 0 Å². The zero-order valence-corrected chi connectivity index (χ0v) is 13.6. The zero-order valence-electron chi connectivity index (χ0n) is 13.6. The van der Waals surface area contributed by atoms with Crippen LogP contribution in [0.25, 0.3) is 27.7 Å². The van der Waals surface area contributed by atoms with Gasteiger partial charge in [-0.05, 0) is 48.0 Å². The molecule has 0 atom stereocenters. The van der Waals surface area contributed by atoms with Gasteiger partial charge in [0.05, 0.1) is 12.5 Å². The molecular formula is C20H13FN4O. The molecule has 6 heteroatoms. The first-order valence-corrected chi connectivity index (χ1v) is 8.11. The van der Waals surface area contributed by atoms with Gasteiger partial charge in [-0.2, -0.15) is 9.61 Å². The molecule has 0 unspecified atom stereocenters. The number of benzene rings is 2. The largest absolute Gasteiger partial charge is 0.464 e. The van der Waals surface area contributed by atoms with Crippen LogP contribution in [0.15, 0.2) is 77.7 Å². The molecule has 0 radical (unpaired) electrons. The minimum absolute atomic E-state index is 0.268. The summed E-state index contributed by atoms with van der Waals surface area (Å²) >= 11 is 0. The first-order valence-electron chi connectivity index (χ1n) is 8.11. The maximum Gasteiger partial charge on any atom is 0.165 e. The van der Waals surface area contributed by atoms with E-state index in [1.54, 1.807) is 35.3 Å². The highest BCUT2D eigenvalue weighted by atomic mass is 19.1. The second-order valence-corrected chi connectivity index (χ2v) is 5.93. The number of nitrogens with one attached hydrogen (secondary N) is 1. The Hall–Kier alpha value is -3.67. The molecule has 3 heterocycles. The average Bonchev–Trinajstić information content (AvgIpc) is 3.29. The molecule has 2 aromatic carbocycles. The van der Waals surface area contributed by atoms with Gasteiger partial charge in [-0.15, -0.1) is 0 Å². The van der Waals surface area contributed by atoms with Crippen LogP contribution in [0.2, 0.25) is 0 Å². The topological polar surface area (TPSA) is 55.4 Å². The van der Waals surface area contributed by atoms with Crippen LogP contribution in [0.3, 0.4) is 0 Å². The lowest BCUT2D eigenvalue weighted by atomic mass is 10.1. The standard InChI is InChI=1S/C20H13FN4O/c21-15-3-1-13(2-4-15)17-12-23-25-19(7-9-22-20(17)25)24-16-5-6-18-14(11-16)8-10-26-18/h1-12,24H. The Morgan fingerprint density at radius 1 is 1.00 bits per heavy atom. The Kier molecular flexibility index (Phi) is 3.21. The molecule has 0 aliphatic carbocycles. The summed E-state index contributed by atoms with van der Waals surface area (Å²) in [4.78, 5) is 4.44. The molecule has 0 aliphatic rings. The predicted octanol–water partition coefficient (Wildman–Crippen LogP) is 5.03. The van der Waals surface area contributed by atoms with E-state index in [-0.39, 0.29) is 5.82 Å².